The molecule has 0 aliphatic carbocycles. The van der Waals surface area contributed by atoms with Crippen LogP contribution >= 0.6 is 0 Å². The van der Waals surface area contributed by atoms with Crippen molar-refractivity contribution in [2.45, 2.75) is 32.1 Å². The quantitative estimate of drug-likeness (QED) is 0.783. The Hall–Kier alpha value is -1.88. The van der Waals surface area contributed by atoms with Crippen LogP contribution in [0, 0.1) is 0 Å². The van der Waals surface area contributed by atoms with Crippen molar-refractivity contribution in [3.05, 3.63) is 29.8 Å². The molecule has 5 nitrogen and oxygen atoms in total. The second-order valence-electron chi connectivity index (χ2n) is 5.21. The molecule has 0 saturated carbocycles. The van der Waals surface area contributed by atoms with Gasteiger partial charge in [0.2, 0.25) is 0 Å². The predicted molar refractivity (Wildman–Crippen MR) is 79.5 cm³/mol. The monoisotopic (exact) mass is 291 g/mol. The number of rotatable bonds is 7. The van der Waals surface area contributed by atoms with Gasteiger partial charge < -0.3 is 14.7 Å². The molecule has 1 aromatic rings. The van der Waals surface area contributed by atoms with Crippen LogP contribution in [0.4, 0.5) is 5.69 Å². The van der Waals surface area contributed by atoms with Gasteiger partial charge in [-0.2, -0.15) is 0 Å². The fraction of sp³-hybridized carbons (Fsp3) is 0.500. The summed E-state index contributed by atoms with van der Waals surface area (Å²) in [5.41, 5.74) is 1.39. The van der Waals surface area contributed by atoms with Crippen LogP contribution in [-0.4, -0.2) is 36.7 Å². The van der Waals surface area contributed by atoms with Gasteiger partial charge in [-0.25, -0.2) is 0 Å². The molecule has 5 heteroatoms. The van der Waals surface area contributed by atoms with Crippen LogP contribution in [0.15, 0.2) is 24.3 Å². The summed E-state index contributed by atoms with van der Waals surface area (Å²) in [5.74, 6) is -1.73. The van der Waals surface area contributed by atoms with Crippen LogP contribution < -0.4 is 4.90 Å². The molecular formula is C16H21NO4. The molecule has 0 radical (unpaired) electrons. The lowest BCUT2D eigenvalue weighted by Crippen LogP contribution is -2.34. The van der Waals surface area contributed by atoms with Gasteiger partial charge in [0, 0.05) is 18.8 Å². The maximum atomic E-state index is 12.2. The minimum absolute atomic E-state index is 0.00435. The van der Waals surface area contributed by atoms with Crippen molar-refractivity contribution < 1.29 is 19.4 Å². The molecule has 1 heterocycles. The highest BCUT2D eigenvalue weighted by molar-refractivity contribution is 5.99. The van der Waals surface area contributed by atoms with Crippen molar-refractivity contribution in [1.82, 2.24) is 0 Å². The molecule has 21 heavy (non-hydrogen) atoms. The molecule has 1 aliphatic rings. The molecule has 0 spiro atoms. The van der Waals surface area contributed by atoms with Crippen LogP contribution in [0.2, 0.25) is 0 Å². The topological polar surface area (TPSA) is 66.8 Å². The van der Waals surface area contributed by atoms with Crippen LogP contribution in [0.25, 0.3) is 0 Å². The molecule has 0 fully saturated rings. The first-order valence-corrected chi connectivity index (χ1v) is 7.35. The second-order valence-corrected chi connectivity index (χ2v) is 5.21. The lowest BCUT2D eigenvalue weighted by Gasteiger charge is -2.17. The number of hydrogen-bond acceptors (Lipinski definition) is 3. The zero-order chi connectivity index (χ0) is 15.2. The highest BCUT2D eigenvalue weighted by atomic mass is 16.5. The van der Waals surface area contributed by atoms with Crippen molar-refractivity contribution in [2.24, 2.45) is 0 Å². The van der Waals surface area contributed by atoms with Crippen molar-refractivity contribution >= 4 is 17.6 Å². The number of amides is 1. The summed E-state index contributed by atoms with van der Waals surface area (Å²) >= 11 is 0. The summed E-state index contributed by atoms with van der Waals surface area (Å²) in [4.78, 5) is 25.0. The number of benzene rings is 1. The average Bonchev–Trinajstić information content (AvgIpc) is 2.87. The molecule has 114 valence electrons. The molecule has 0 aromatic heterocycles. The van der Waals surface area contributed by atoms with Crippen molar-refractivity contribution in [1.29, 1.82) is 0 Å². The standard InChI is InChI=1S/C16H21NO4/c1-2-3-6-9-21-11-15(18)17-10-13(16(19)20)12-7-4-5-8-14(12)17/h4-5,7-8,13H,2-3,6,9-11H2,1H3,(H,19,20). The van der Waals surface area contributed by atoms with Crippen LogP contribution in [-0.2, 0) is 14.3 Å². The van der Waals surface area contributed by atoms with Gasteiger partial charge in [0.05, 0.1) is 0 Å². The van der Waals surface area contributed by atoms with Gasteiger partial charge in [-0.1, -0.05) is 38.0 Å². The third-order valence-electron chi connectivity index (χ3n) is 3.69. The number of nitrogens with zero attached hydrogens (tertiary/aromatic N) is 1. The first-order chi connectivity index (χ1) is 10.1. The molecule has 0 bridgehead atoms. The Morgan fingerprint density at radius 2 is 2.10 bits per heavy atom. The zero-order valence-electron chi connectivity index (χ0n) is 12.2. The fourth-order valence-electron chi connectivity index (χ4n) is 2.55. The normalized spacial score (nSPS) is 16.8. The Morgan fingerprint density at radius 1 is 1.33 bits per heavy atom. The maximum Gasteiger partial charge on any atom is 0.312 e. The Labute approximate surface area is 124 Å². The Bertz CT molecular complexity index is 515. The minimum atomic E-state index is -0.901. The smallest absolute Gasteiger partial charge is 0.312 e. The molecule has 2 rings (SSSR count). The number of fused-ring (bicyclic) bond motifs is 1. The van der Waals surface area contributed by atoms with Crippen molar-refractivity contribution in [2.75, 3.05) is 24.7 Å². The van der Waals surface area contributed by atoms with E-state index in [1.165, 1.54) is 4.90 Å². The van der Waals surface area contributed by atoms with E-state index in [0.717, 1.165) is 19.3 Å². The Balaban J connectivity index is 1.98. The van der Waals surface area contributed by atoms with Crippen molar-refractivity contribution in [3.8, 4) is 0 Å². The van der Waals surface area contributed by atoms with E-state index >= 15 is 0 Å². The van der Waals surface area contributed by atoms with Gasteiger partial charge in [-0.05, 0) is 18.1 Å². The van der Waals surface area contributed by atoms with Gasteiger partial charge in [-0.15, -0.1) is 0 Å². The lowest BCUT2D eigenvalue weighted by atomic mass is 10.0. The van der Waals surface area contributed by atoms with Crippen LogP contribution in [0.1, 0.15) is 37.7 Å². The van der Waals surface area contributed by atoms with E-state index in [0.29, 0.717) is 17.9 Å². The zero-order valence-corrected chi connectivity index (χ0v) is 12.2. The number of carboxylic acid groups (broad SMARTS) is 1. The summed E-state index contributed by atoms with van der Waals surface area (Å²) in [7, 11) is 0. The van der Waals surface area contributed by atoms with Crippen LogP contribution in [0.5, 0.6) is 0 Å². The fourth-order valence-corrected chi connectivity index (χ4v) is 2.55. The van der Waals surface area contributed by atoms with E-state index in [-0.39, 0.29) is 19.1 Å². The van der Waals surface area contributed by atoms with E-state index in [1.54, 1.807) is 18.2 Å². The third kappa shape index (κ3) is 3.61. The SMILES string of the molecule is CCCCCOCC(=O)N1CC(C(=O)O)c2ccccc21. The number of carbonyl (C=O) groups is 2. The van der Waals surface area contributed by atoms with Gasteiger partial charge in [-0.3, -0.25) is 9.59 Å². The number of hydrogen-bond donors (Lipinski definition) is 1. The van der Waals surface area contributed by atoms with E-state index in [9.17, 15) is 14.7 Å². The van der Waals surface area contributed by atoms with Gasteiger partial charge in [0.15, 0.2) is 0 Å². The number of para-hydroxylation sites is 1. The maximum absolute atomic E-state index is 12.2. The van der Waals surface area contributed by atoms with Crippen molar-refractivity contribution in [3.63, 3.8) is 0 Å². The second kappa shape index (κ2) is 7.22. The van der Waals surface area contributed by atoms with Gasteiger partial charge in [0.25, 0.3) is 5.91 Å². The third-order valence-corrected chi connectivity index (χ3v) is 3.69. The summed E-state index contributed by atoms with van der Waals surface area (Å²) in [6, 6.07) is 7.16. The lowest BCUT2D eigenvalue weighted by molar-refractivity contribution is -0.138. The predicted octanol–water partition coefficient (Wildman–Crippen LogP) is 2.41. The largest absolute Gasteiger partial charge is 0.481 e. The molecule has 1 amide bonds. The number of carboxylic acids is 1. The first-order valence-electron chi connectivity index (χ1n) is 7.35. The van der Waals surface area contributed by atoms with E-state index in [1.807, 2.05) is 6.07 Å². The Kier molecular flexibility index (Phi) is 5.33. The summed E-state index contributed by atoms with van der Waals surface area (Å²) < 4.78 is 5.38. The molecule has 1 unspecified atom stereocenters. The average molecular weight is 291 g/mol. The summed E-state index contributed by atoms with van der Waals surface area (Å²) in [6.07, 6.45) is 3.14. The molecule has 1 aliphatic heterocycles. The highest BCUT2D eigenvalue weighted by Gasteiger charge is 2.36. The minimum Gasteiger partial charge on any atom is -0.481 e. The number of aliphatic carboxylic acids is 1. The number of ether oxygens (including phenoxy) is 1. The van der Waals surface area contributed by atoms with E-state index < -0.39 is 11.9 Å². The molecule has 1 atom stereocenters. The summed E-state index contributed by atoms with van der Waals surface area (Å²) in [6.45, 7) is 2.87. The molecule has 0 saturated heterocycles. The Morgan fingerprint density at radius 3 is 2.81 bits per heavy atom. The summed E-state index contributed by atoms with van der Waals surface area (Å²) in [5, 5.41) is 9.26. The van der Waals surface area contributed by atoms with Gasteiger partial charge >= 0.3 is 5.97 Å². The number of unbranched alkanes of at least 4 members (excludes halogenated alkanes) is 2. The number of carbonyl (C=O) groups excluding carboxylic acids is 1. The van der Waals surface area contributed by atoms with Gasteiger partial charge in [0.1, 0.15) is 12.5 Å². The van der Waals surface area contributed by atoms with E-state index in [4.69, 9.17) is 4.74 Å². The molecule has 1 N–H and O–H groups in total. The highest BCUT2D eigenvalue weighted by Crippen LogP contribution is 2.36. The molecule has 1 aromatic carbocycles. The van der Waals surface area contributed by atoms with Crippen LogP contribution in [0.3, 0.4) is 0 Å². The van der Waals surface area contributed by atoms with E-state index in [2.05, 4.69) is 6.92 Å². The first kappa shape index (κ1) is 15.5. The number of anilines is 1. The molecular weight excluding hydrogens is 270 g/mol.